The summed E-state index contributed by atoms with van der Waals surface area (Å²) in [6.07, 6.45) is 2.49. The molecule has 0 aliphatic heterocycles. The topological polar surface area (TPSA) is 63.2 Å². The Bertz CT molecular complexity index is 916. The summed E-state index contributed by atoms with van der Waals surface area (Å²) in [4.78, 5) is 16.8. The number of amides is 1. The molecule has 0 radical (unpaired) electrons. The van der Waals surface area contributed by atoms with Crippen LogP contribution in [0.15, 0.2) is 66.9 Å². The number of ether oxygens (including phenoxy) is 1. The number of hydrogen-bond donors (Lipinski definition) is 2. The molecule has 0 atom stereocenters. The molecule has 0 saturated heterocycles. The first-order chi connectivity index (χ1) is 13.2. The average Bonchev–Trinajstić information content (AvgIpc) is 2.69. The van der Waals surface area contributed by atoms with Gasteiger partial charge in [0.25, 0.3) is 5.91 Å². The van der Waals surface area contributed by atoms with Crippen LogP contribution in [-0.4, -0.2) is 24.5 Å². The number of methoxy groups -OCH3 is 1. The number of rotatable bonds is 7. The zero-order valence-electron chi connectivity index (χ0n) is 14.9. The quantitative estimate of drug-likeness (QED) is 0.625. The zero-order valence-corrected chi connectivity index (χ0v) is 15.7. The van der Waals surface area contributed by atoms with Gasteiger partial charge >= 0.3 is 0 Å². The van der Waals surface area contributed by atoms with E-state index in [1.165, 1.54) is 5.56 Å². The minimum absolute atomic E-state index is 0.232. The van der Waals surface area contributed by atoms with Crippen LogP contribution in [0.5, 0.6) is 5.75 Å². The first-order valence-electron chi connectivity index (χ1n) is 8.54. The third-order valence-corrected chi connectivity index (χ3v) is 4.29. The van der Waals surface area contributed by atoms with E-state index in [9.17, 15) is 4.79 Å². The fraction of sp³-hybridized carbons (Fsp3) is 0.143. The number of nitrogens with one attached hydrogen (secondary N) is 2. The van der Waals surface area contributed by atoms with Crippen molar-refractivity contribution >= 4 is 29.0 Å². The summed E-state index contributed by atoms with van der Waals surface area (Å²) < 4.78 is 5.11. The molecule has 3 rings (SSSR count). The lowest BCUT2D eigenvalue weighted by molar-refractivity contribution is 0.102. The molecular weight excluding hydrogens is 362 g/mol. The lowest BCUT2D eigenvalue weighted by atomic mass is 10.1. The number of hydrogen-bond acceptors (Lipinski definition) is 4. The van der Waals surface area contributed by atoms with Crippen LogP contribution >= 0.6 is 11.6 Å². The van der Waals surface area contributed by atoms with E-state index in [2.05, 4.69) is 27.8 Å². The number of benzene rings is 2. The molecule has 2 aromatic carbocycles. The van der Waals surface area contributed by atoms with Crippen LogP contribution < -0.4 is 15.4 Å². The van der Waals surface area contributed by atoms with Crippen molar-refractivity contribution in [3.8, 4) is 5.75 Å². The predicted octanol–water partition coefficient (Wildman–Crippen LogP) is 4.65. The van der Waals surface area contributed by atoms with Crippen LogP contribution in [0.2, 0.25) is 5.02 Å². The minimum Gasteiger partial charge on any atom is -0.495 e. The third-order valence-electron chi connectivity index (χ3n) is 3.99. The molecule has 27 heavy (non-hydrogen) atoms. The van der Waals surface area contributed by atoms with Gasteiger partial charge in [0.15, 0.2) is 0 Å². The molecule has 0 spiro atoms. The van der Waals surface area contributed by atoms with Gasteiger partial charge in [0.1, 0.15) is 11.6 Å². The Morgan fingerprint density at radius 2 is 1.93 bits per heavy atom. The molecule has 0 fully saturated rings. The molecule has 0 bridgehead atoms. The molecule has 138 valence electrons. The van der Waals surface area contributed by atoms with Gasteiger partial charge in [-0.1, -0.05) is 41.9 Å². The van der Waals surface area contributed by atoms with E-state index in [-0.39, 0.29) is 5.91 Å². The Morgan fingerprint density at radius 1 is 1.11 bits per heavy atom. The number of carbonyl (C=O) groups is 1. The molecule has 1 amide bonds. The highest BCUT2D eigenvalue weighted by molar-refractivity contribution is 6.32. The highest BCUT2D eigenvalue weighted by Gasteiger charge is 2.09. The molecule has 1 heterocycles. The van der Waals surface area contributed by atoms with E-state index < -0.39 is 0 Å². The molecule has 2 N–H and O–H groups in total. The van der Waals surface area contributed by atoms with Crippen molar-refractivity contribution in [2.24, 2.45) is 0 Å². The van der Waals surface area contributed by atoms with Crippen LogP contribution in [0.25, 0.3) is 0 Å². The maximum absolute atomic E-state index is 12.5. The van der Waals surface area contributed by atoms with Crippen LogP contribution in [0.1, 0.15) is 15.9 Å². The summed E-state index contributed by atoms with van der Waals surface area (Å²) in [5.74, 6) is 0.986. The summed E-state index contributed by atoms with van der Waals surface area (Å²) in [6.45, 7) is 0.732. The lowest BCUT2D eigenvalue weighted by Gasteiger charge is -2.10. The summed E-state index contributed by atoms with van der Waals surface area (Å²) in [5.41, 5.74) is 2.36. The van der Waals surface area contributed by atoms with E-state index in [1.54, 1.807) is 43.6 Å². The average molecular weight is 382 g/mol. The number of anilines is 2. The standard InChI is InChI=1S/C21H20ClN3O2/c1-27-19-8-7-17(14-18(19)22)25-21(26)16-10-12-24-20(13-16)23-11-9-15-5-3-2-4-6-15/h2-8,10,12-14H,9,11H2,1H3,(H,23,24)(H,25,26). The number of pyridine rings is 1. The monoisotopic (exact) mass is 381 g/mol. The van der Waals surface area contributed by atoms with Crippen LogP contribution in [-0.2, 0) is 6.42 Å². The van der Waals surface area contributed by atoms with E-state index in [0.29, 0.717) is 27.8 Å². The highest BCUT2D eigenvalue weighted by atomic mass is 35.5. The molecule has 0 unspecified atom stereocenters. The van der Waals surface area contributed by atoms with Crippen LogP contribution in [0.4, 0.5) is 11.5 Å². The van der Waals surface area contributed by atoms with Gasteiger partial charge in [-0.2, -0.15) is 0 Å². The van der Waals surface area contributed by atoms with E-state index in [0.717, 1.165) is 13.0 Å². The Labute approximate surface area is 163 Å². The van der Waals surface area contributed by atoms with E-state index in [1.807, 2.05) is 18.2 Å². The maximum atomic E-state index is 12.5. The van der Waals surface area contributed by atoms with Crippen molar-refractivity contribution < 1.29 is 9.53 Å². The molecule has 6 heteroatoms. The lowest BCUT2D eigenvalue weighted by Crippen LogP contribution is -2.13. The second kappa shape index (κ2) is 9.05. The zero-order chi connectivity index (χ0) is 19.1. The number of halogens is 1. The highest BCUT2D eigenvalue weighted by Crippen LogP contribution is 2.27. The molecule has 0 aliphatic rings. The normalized spacial score (nSPS) is 10.3. The minimum atomic E-state index is -0.232. The molecule has 0 saturated carbocycles. The van der Waals surface area contributed by atoms with Gasteiger partial charge < -0.3 is 15.4 Å². The smallest absolute Gasteiger partial charge is 0.255 e. The van der Waals surface area contributed by atoms with E-state index >= 15 is 0 Å². The van der Waals surface area contributed by atoms with Crippen molar-refractivity contribution in [3.05, 3.63) is 83.0 Å². The van der Waals surface area contributed by atoms with Gasteiger partial charge in [0.2, 0.25) is 0 Å². The summed E-state index contributed by atoms with van der Waals surface area (Å²) >= 11 is 6.10. The predicted molar refractivity (Wildman–Crippen MR) is 109 cm³/mol. The second-order valence-corrected chi connectivity index (χ2v) is 6.30. The van der Waals surface area contributed by atoms with Crippen LogP contribution in [0, 0.1) is 0 Å². The molecular formula is C21H20ClN3O2. The van der Waals surface area contributed by atoms with Gasteiger partial charge in [0.05, 0.1) is 12.1 Å². The van der Waals surface area contributed by atoms with Gasteiger partial charge in [-0.15, -0.1) is 0 Å². The summed E-state index contributed by atoms with van der Waals surface area (Å²) in [7, 11) is 1.54. The first kappa shape index (κ1) is 18.7. The molecule has 0 aliphatic carbocycles. The second-order valence-electron chi connectivity index (χ2n) is 5.90. The van der Waals surface area contributed by atoms with Crippen molar-refractivity contribution in [3.63, 3.8) is 0 Å². The van der Waals surface area contributed by atoms with Gasteiger partial charge in [0, 0.05) is 24.0 Å². The van der Waals surface area contributed by atoms with E-state index in [4.69, 9.17) is 16.3 Å². The Balaban J connectivity index is 1.60. The summed E-state index contributed by atoms with van der Waals surface area (Å²) in [6, 6.07) is 18.7. The van der Waals surface area contributed by atoms with Crippen molar-refractivity contribution in [1.29, 1.82) is 0 Å². The fourth-order valence-electron chi connectivity index (χ4n) is 2.60. The summed E-state index contributed by atoms with van der Waals surface area (Å²) in [5, 5.41) is 6.51. The van der Waals surface area contributed by atoms with Crippen molar-refractivity contribution in [2.45, 2.75) is 6.42 Å². The Kier molecular flexibility index (Phi) is 6.28. The SMILES string of the molecule is COc1ccc(NC(=O)c2ccnc(NCCc3ccccc3)c2)cc1Cl. The van der Waals surface area contributed by atoms with Gasteiger partial charge in [-0.3, -0.25) is 4.79 Å². The molecule has 3 aromatic rings. The first-order valence-corrected chi connectivity index (χ1v) is 8.92. The molecule has 1 aromatic heterocycles. The van der Waals surface area contributed by atoms with Crippen molar-refractivity contribution in [1.82, 2.24) is 4.98 Å². The fourth-order valence-corrected chi connectivity index (χ4v) is 2.85. The number of aromatic nitrogens is 1. The third kappa shape index (κ3) is 5.21. The Hall–Kier alpha value is -3.05. The van der Waals surface area contributed by atoms with Crippen LogP contribution in [0.3, 0.4) is 0 Å². The van der Waals surface area contributed by atoms with Crippen molar-refractivity contribution in [2.75, 3.05) is 24.3 Å². The van der Waals surface area contributed by atoms with Gasteiger partial charge in [-0.05, 0) is 42.3 Å². The number of nitrogens with zero attached hydrogens (tertiary/aromatic N) is 1. The number of carbonyl (C=O) groups excluding carboxylic acids is 1. The maximum Gasteiger partial charge on any atom is 0.255 e. The largest absolute Gasteiger partial charge is 0.495 e. The van der Waals surface area contributed by atoms with Gasteiger partial charge in [-0.25, -0.2) is 4.98 Å². The Morgan fingerprint density at radius 3 is 2.67 bits per heavy atom. The molecule has 5 nitrogen and oxygen atoms in total.